The Morgan fingerprint density at radius 2 is 1.93 bits per heavy atom. The molecule has 3 heterocycles. The number of aliphatic hydroxyl groups is 2. The summed E-state index contributed by atoms with van der Waals surface area (Å²) in [5, 5.41) is 24.9. The van der Waals surface area contributed by atoms with E-state index in [1.165, 1.54) is 30.8 Å². The van der Waals surface area contributed by atoms with Gasteiger partial charge in [0.25, 0.3) is 0 Å². The highest BCUT2D eigenvalue weighted by atomic mass is 31.2. The first-order chi connectivity index (χ1) is 21.6. The van der Waals surface area contributed by atoms with Crippen LogP contribution >= 0.6 is 7.75 Å². The third-order valence-corrected chi connectivity index (χ3v) is 8.66. The second kappa shape index (κ2) is 14.3. The Bertz CT molecular complexity index is 1600. The van der Waals surface area contributed by atoms with Crippen LogP contribution in [0.4, 0.5) is 11.8 Å². The summed E-state index contributed by atoms with van der Waals surface area (Å²) in [5.41, 5.74) is 10.6. The third kappa shape index (κ3) is 7.92. The van der Waals surface area contributed by atoms with Crippen LogP contribution in [-0.2, 0) is 39.3 Å². The fourth-order valence-corrected chi connectivity index (χ4v) is 6.35. The van der Waals surface area contributed by atoms with Crippen LogP contribution in [0.5, 0.6) is 5.75 Å². The maximum atomic E-state index is 14.2. The molecule has 1 saturated heterocycles. The number of nitrogens with one attached hydrogen (secondary N) is 1. The average Bonchev–Trinajstić information content (AvgIpc) is 3.48. The monoisotopic (exact) mass is 665 g/mol. The summed E-state index contributed by atoms with van der Waals surface area (Å²) in [4.78, 5) is 36.8. The lowest BCUT2D eigenvalue weighted by molar-refractivity contribution is -0.147. The van der Waals surface area contributed by atoms with E-state index in [1.54, 1.807) is 39.0 Å². The summed E-state index contributed by atoms with van der Waals surface area (Å²) in [6, 6.07) is 5.42. The maximum absolute atomic E-state index is 14.2. The number of aryl methyl sites for hydroxylation is 1. The molecule has 0 unspecified atom stereocenters. The standard InChI is InChI=1S/C28H40N7O10P/c1-6-41-25(38)16(4)34-46(40,45-18-10-8-7-9-17(18)11-12-20(36)43-15(2)3)42-13-19-22(37)28(5,39)26(44-19)35-14-31-21-23(29)32-27(30)33-24(21)35/h7-10,14-16,19,22,26,37,39H,6,11-13H2,1-5H3,(H,34,40)(H4,29,30,32,33)/t16-,19+,22-,26+,28+,46-/m0/s1. The highest BCUT2D eigenvalue weighted by Gasteiger charge is 2.54. The number of benzene rings is 1. The van der Waals surface area contributed by atoms with Crippen molar-refractivity contribution in [1.82, 2.24) is 24.6 Å². The largest absolute Gasteiger partial charge is 0.465 e. The Hall–Kier alpha value is -3.86. The Balaban J connectivity index is 1.57. The lowest BCUT2D eigenvalue weighted by atomic mass is 9.96. The molecule has 252 valence electrons. The van der Waals surface area contributed by atoms with E-state index in [4.69, 9.17) is 34.7 Å². The molecule has 0 amide bonds. The Morgan fingerprint density at radius 3 is 2.63 bits per heavy atom. The second-order valence-electron chi connectivity index (χ2n) is 11.1. The van der Waals surface area contributed by atoms with Crippen molar-refractivity contribution in [3.63, 3.8) is 0 Å². The lowest BCUT2D eigenvalue weighted by Gasteiger charge is -2.27. The van der Waals surface area contributed by atoms with Crippen LogP contribution in [0.2, 0.25) is 0 Å². The predicted molar refractivity (Wildman–Crippen MR) is 164 cm³/mol. The van der Waals surface area contributed by atoms with Gasteiger partial charge in [0.05, 0.1) is 25.6 Å². The predicted octanol–water partition coefficient (Wildman–Crippen LogP) is 1.63. The Kier molecular flexibility index (Phi) is 10.9. The highest BCUT2D eigenvalue weighted by Crippen LogP contribution is 2.48. The van der Waals surface area contributed by atoms with Crippen molar-refractivity contribution >= 4 is 42.6 Å². The number of nitrogens with zero attached hydrogens (tertiary/aromatic N) is 4. The quantitative estimate of drug-likeness (QED) is 0.121. The van der Waals surface area contributed by atoms with Gasteiger partial charge in [0, 0.05) is 6.42 Å². The van der Waals surface area contributed by atoms with Crippen LogP contribution in [0, 0.1) is 0 Å². The third-order valence-electron chi connectivity index (χ3n) is 7.03. The van der Waals surface area contributed by atoms with E-state index in [-0.39, 0.29) is 54.2 Å². The summed E-state index contributed by atoms with van der Waals surface area (Å²) in [5.74, 6) is -1.15. The van der Waals surface area contributed by atoms with E-state index in [2.05, 4.69) is 20.0 Å². The molecule has 0 saturated carbocycles. The van der Waals surface area contributed by atoms with E-state index in [0.717, 1.165) is 0 Å². The van der Waals surface area contributed by atoms with E-state index in [9.17, 15) is 24.4 Å². The van der Waals surface area contributed by atoms with Gasteiger partial charge in [-0.3, -0.25) is 18.7 Å². The van der Waals surface area contributed by atoms with Gasteiger partial charge in [0.1, 0.15) is 35.1 Å². The van der Waals surface area contributed by atoms with Crippen LogP contribution in [0.25, 0.3) is 11.2 Å². The molecule has 1 fully saturated rings. The first-order valence-corrected chi connectivity index (χ1v) is 16.2. The summed E-state index contributed by atoms with van der Waals surface area (Å²) in [6.07, 6.45) is -2.84. The SMILES string of the molecule is CCOC(=O)[C@H](C)N[P@](=O)(OC[C@H]1O[C@@H](n2cnc3c(N)nc(N)nc32)[C@](C)(O)[C@H]1O)Oc1ccccc1CCC(=O)OC(C)C. The molecule has 7 N–H and O–H groups in total. The van der Waals surface area contributed by atoms with Crippen molar-refractivity contribution in [3.05, 3.63) is 36.2 Å². The molecule has 3 aromatic rings. The molecule has 0 bridgehead atoms. The van der Waals surface area contributed by atoms with Crippen molar-refractivity contribution in [1.29, 1.82) is 0 Å². The number of imidazole rings is 1. The fourth-order valence-electron chi connectivity index (χ4n) is 4.81. The first kappa shape index (κ1) is 35.0. The molecule has 46 heavy (non-hydrogen) atoms. The highest BCUT2D eigenvalue weighted by molar-refractivity contribution is 7.52. The van der Waals surface area contributed by atoms with Crippen LogP contribution in [-0.4, -0.2) is 84.8 Å². The molecule has 1 aliphatic rings. The number of aliphatic hydroxyl groups excluding tert-OH is 1. The topological polar surface area (TPSA) is 245 Å². The number of nitrogen functional groups attached to an aromatic ring is 2. The number of aromatic nitrogens is 4. The van der Waals surface area contributed by atoms with Crippen molar-refractivity contribution in [2.75, 3.05) is 24.7 Å². The normalized spacial score (nSPS) is 23.3. The van der Waals surface area contributed by atoms with Gasteiger partial charge in [-0.05, 0) is 52.7 Å². The number of carbonyl (C=O) groups is 2. The minimum absolute atomic E-state index is 0.0105. The van der Waals surface area contributed by atoms with Crippen LogP contribution in [0.1, 0.15) is 52.8 Å². The maximum Gasteiger partial charge on any atom is 0.459 e. The van der Waals surface area contributed by atoms with Crippen molar-refractivity contribution < 1.29 is 47.6 Å². The summed E-state index contributed by atoms with van der Waals surface area (Å²) in [6.45, 7) is 7.36. The minimum Gasteiger partial charge on any atom is -0.465 e. The second-order valence-corrected chi connectivity index (χ2v) is 12.8. The molecular formula is C28H40N7O10P. The van der Waals surface area contributed by atoms with Gasteiger partial charge in [-0.1, -0.05) is 18.2 Å². The molecule has 18 heteroatoms. The molecule has 17 nitrogen and oxygen atoms in total. The fraction of sp³-hybridized carbons (Fsp3) is 0.536. The van der Waals surface area contributed by atoms with Gasteiger partial charge in [-0.2, -0.15) is 15.1 Å². The van der Waals surface area contributed by atoms with Crippen LogP contribution in [0.15, 0.2) is 30.6 Å². The smallest absolute Gasteiger partial charge is 0.459 e. The van der Waals surface area contributed by atoms with E-state index in [1.807, 2.05) is 0 Å². The van der Waals surface area contributed by atoms with Gasteiger partial charge in [0.15, 0.2) is 17.7 Å². The summed E-state index contributed by atoms with van der Waals surface area (Å²) in [7, 11) is -4.44. The molecular weight excluding hydrogens is 625 g/mol. The van der Waals surface area contributed by atoms with E-state index >= 15 is 0 Å². The number of fused-ring (bicyclic) bond motifs is 1. The van der Waals surface area contributed by atoms with Crippen molar-refractivity contribution in [3.8, 4) is 5.75 Å². The zero-order valence-electron chi connectivity index (χ0n) is 26.2. The number of esters is 2. The zero-order valence-corrected chi connectivity index (χ0v) is 27.0. The molecule has 2 aromatic heterocycles. The first-order valence-electron chi connectivity index (χ1n) is 14.6. The molecule has 4 rings (SSSR count). The van der Waals surface area contributed by atoms with Gasteiger partial charge in [-0.25, -0.2) is 9.55 Å². The molecule has 6 atom stereocenters. The number of rotatable bonds is 14. The van der Waals surface area contributed by atoms with Gasteiger partial charge in [0.2, 0.25) is 5.95 Å². The average molecular weight is 666 g/mol. The Labute approximate surface area is 265 Å². The zero-order chi connectivity index (χ0) is 33.8. The lowest BCUT2D eigenvalue weighted by Crippen LogP contribution is -2.44. The summed E-state index contributed by atoms with van der Waals surface area (Å²) < 4.78 is 43.4. The number of para-hydroxylation sites is 1. The number of hydrogen-bond donors (Lipinski definition) is 5. The molecule has 1 aromatic carbocycles. The number of nitrogens with two attached hydrogens (primary N) is 2. The van der Waals surface area contributed by atoms with Gasteiger partial charge >= 0.3 is 19.7 Å². The Morgan fingerprint density at radius 1 is 1.22 bits per heavy atom. The molecule has 0 aliphatic carbocycles. The van der Waals surface area contributed by atoms with Crippen LogP contribution < -0.4 is 21.1 Å². The number of ether oxygens (including phenoxy) is 3. The number of anilines is 2. The van der Waals surface area contributed by atoms with E-state index in [0.29, 0.717) is 5.56 Å². The van der Waals surface area contributed by atoms with Gasteiger partial charge < -0.3 is 40.4 Å². The number of hydrogen-bond acceptors (Lipinski definition) is 15. The van der Waals surface area contributed by atoms with Crippen molar-refractivity contribution in [2.24, 2.45) is 0 Å². The molecule has 1 aliphatic heterocycles. The van der Waals surface area contributed by atoms with Crippen molar-refractivity contribution in [2.45, 2.75) is 83.6 Å². The minimum atomic E-state index is -4.44. The van der Waals surface area contributed by atoms with Crippen LogP contribution in [0.3, 0.4) is 0 Å². The molecule has 0 spiro atoms. The number of carbonyl (C=O) groups excluding carboxylic acids is 2. The summed E-state index contributed by atoms with van der Waals surface area (Å²) >= 11 is 0. The molecule has 0 radical (unpaired) electrons. The van der Waals surface area contributed by atoms with Gasteiger partial charge in [-0.15, -0.1) is 0 Å². The van der Waals surface area contributed by atoms with E-state index < -0.39 is 56.4 Å².